The summed E-state index contributed by atoms with van der Waals surface area (Å²) in [5.74, 6) is 1.65. The number of nitrogens with one attached hydrogen (secondary N) is 1. The van der Waals surface area contributed by atoms with Crippen molar-refractivity contribution in [1.29, 1.82) is 0 Å². The molecule has 28 heavy (non-hydrogen) atoms. The molecule has 1 N–H and O–H groups in total. The van der Waals surface area contributed by atoms with E-state index >= 15 is 0 Å². The molecule has 1 amide bonds. The van der Waals surface area contributed by atoms with Crippen LogP contribution in [0, 0.1) is 24.2 Å². The zero-order chi connectivity index (χ0) is 19.4. The Balaban J connectivity index is 1.37. The molecule has 0 heterocycles. The molecule has 4 fully saturated rings. The summed E-state index contributed by atoms with van der Waals surface area (Å²) >= 11 is 5.96. The normalized spacial score (nSPS) is 33.1. The number of carbonyl (C=O) groups excluding carboxylic acids is 1. The molecule has 4 aliphatic carbocycles. The van der Waals surface area contributed by atoms with Gasteiger partial charge in [0.2, 0.25) is 0 Å². The van der Waals surface area contributed by atoms with Gasteiger partial charge in [0, 0.05) is 17.1 Å². The second-order valence-corrected chi connectivity index (χ2v) is 10.2. The largest absolute Gasteiger partial charge is 0.351 e. The van der Waals surface area contributed by atoms with Crippen molar-refractivity contribution < 1.29 is 4.79 Å². The monoisotopic (exact) mass is 393 g/mol. The molecule has 2 aromatic carbocycles. The van der Waals surface area contributed by atoms with Crippen molar-refractivity contribution >= 4 is 17.5 Å². The zero-order valence-corrected chi connectivity index (χ0v) is 17.3. The minimum atomic E-state index is 0.0248. The van der Waals surface area contributed by atoms with Gasteiger partial charge in [-0.15, -0.1) is 0 Å². The lowest BCUT2D eigenvalue weighted by molar-refractivity contribution is -0.0697. The van der Waals surface area contributed by atoms with Crippen molar-refractivity contribution in [2.45, 2.75) is 50.9 Å². The standard InChI is InChI=1S/C25H28ClNO/c1-17-2-6-21(7-3-17)25-13-18-10-19(14-25)12-24(11-18,15-25)16-27-23(28)20-4-8-22(26)9-5-20/h2-9,18-19H,10-16H2,1H3,(H,27,28)/t18-,19+,24?,25?. The van der Waals surface area contributed by atoms with Gasteiger partial charge in [0.15, 0.2) is 0 Å². The maximum absolute atomic E-state index is 12.7. The van der Waals surface area contributed by atoms with Gasteiger partial charge in [-0.05, 0) is 97.9 Å². The van der Waals surface area contributed by atoms with E-state index in [4.69, 9.17) is 11.6 Å². The maximum Gasteiger partial charge on any atom is 0.251 e. The Morgan fingerprint density at radius 1 is 1.00 bits per heavy atom. The maximum atomic E-state index is 12.7. The molecule has 146 valence electrons. The average molecular weight is 394 g/mol. The van der Waals surface area contributed by atoms with Gasteiger partial charge < -0.3 is 5.32 Å². The van der Waals surface area contributed by atoms with E-state index in [1.54, 1.807) is 12.1 Å². The van der Waals surface area contributed by atoms with Crippen molar-refractivity contribution in [2.24, 2.45) is 17.3 Å². The van der Waals surface area contributed by atoms with Gasteiger partial charge in [-0.1, -0.05) is 41.4 Å². The molecule has 4 atom stereocenters. The predicted octanol–water partition coefficient (Wildman–Crippen LogP) is 5.92. The number of amides is 1. The Labute approximate surface area is 172 Å². The Morgan fingerprint density at radius 3 is 2.29 bits per heavy atom. The quantitative estimate of drug-likeness (QED) is 0.686. The zero-order valence-electron chi connectivity index (χ0n) is 16.5. The van der Waals surface area contributed by atoms with E-state index in [2.05, 4.69) is 36.5 Å². The number of hydrogen-bond donors (Lipinski definition) is 1. The van der Waals surface area contributed by atoms with Crippen LogP contribution in [0.15, 0.2) is 48.5 Å². The average Bonchev–Trinajstić information content (AvgIpc) is 2.66. The first-order valence-corrected chi connectivity index (χ1v) is 10.9. The van der Waals surface area contributed by atoms with Gasteiger partial charge in [0.25, 0.3) is 5.91 Å². The van der Waals surface area contributed by atoms with Crippen LogP contribution in [0.25, 0.3) is 0 Å². The molecule has 0 aliphatic heterocycles. The minimum Gasteiger partial charge on any atom is -0.351 e. The number of aryl methyl sites for hydroxylation is 1. The van der Waals surface area contributed by atoms with Crippen LogP contribution in [-0.4, -0.2) is 12.5 Å². The molecular weight excluding hydrogens is 366 g/mol. The molecule has 4 aliphatic rings. The third-order valence-electron chi connectivity index (χ3n) is 7.58. The number of rotatable bonds is 4. The molecule has 0 spiro atoms. The Morgan fingerprint density at radius 2 is 1.64 bits per heavy atom. The Kier molecular flexibility index (Phi) is 4.32. The summed E-state index contributed by atoms with van der Waals surface area (Å²) < 4.78 is 0. The van der Waals surface area contributed by atoms with Crippen LogP contribution in [0.3, 0.4) is 0 Å². The molecule has 0 aromatic heterocycles. The van der Waals surface area contributed by atoms with Crippen LogP contribution in [0.1, 0.15) is 60.0 Å². The molecule has 2 aromatic rings. The molecule has 4 saturated carbocycles. The van der Waals surface area contributed by atoms with E-state index in [0.717, 1.165) is 18.4 Å². The third kappa shape index (κ3) is 3.16. The summed E-state index contributed by atoms with van der Waals surface area (Å²) in [6, 6.07) is 16.5. The molecule has 2 nitrogen and oxygen atoms in total. The fourth-order valence-electron chi connectivity index (χ4n) is 6.87. The fourth-order valence-corrected chi connectivity index (χ4v) is 7.00. The van der Waals surface area contributed by atoms with Crippen molar-refractivity contribution in [2.75, 3.05) is 6.54 Å². The first kappa shape index (κ1) is 18.2. The highest BCUT2D eigenvalue weighted by atomic mass is 35.5. The van der Waals surface area contributed by atoms with Gasteiger partial charge in [-0.25, -0.2) is 0 Å². The molecule has 6 rings (SSSR count). The molecular formula is C25H28ClNO. The van der Waals surface area contributed by atoms with E-state index in [1.165, 1.54) is 49.7 Å². The van der Waals surface area contributed by atoms with Gasteiger partial charge in [-0.3, -0.25) is 4.79 Å². The van der Waals surface area contributed by atoms with Crippen molar-refractivity contribution in [3.63, 3.8) is 0 Å². The second kappa shape index (κ2) is 6.62. The summed E-state index contributed by atoms with van der Waals surface area (Å²) in [7, 11) is 0. The smallest absolute Gasteiger partial charge is 0.251 e. The fraction of sp³-hybridized carbons (Fsp3) is 0.480. The summed E-state index contributed by atoms with van der Waals surface area (Å²) in [5, 5.41) is 3.94. The van der Waals surface area contributed by atoms with Crippen LogP contribution < -0.4 is 5.32 Å². The van der Waals surface area contributed by atoms with E-state index in [0.29, 0.717) is 16.0 Å². The van der Waals surface area contributed by atoms with Crippen LogP contribution in [0.2, 0.25) is 5.02 Å². The number of halogens is 1. The van der Waals surface area contributed by atoms with Crippen molar-refractivity contribution in [3.8, 4) is 0 Å². The minimum absolute atomic E-state index is 0.0248. The van der Waals surface area contributed by atoms with Crippen molar-refractivity contribution in [1.82, 2.24) is 5.32 Å². The van der Waals surface area contributed by atoms with E-state index in [1.807, 2.05) is 12.1 Å². The summed E-state index contributed by atoms with van der Waals surface area (Å²) in [5.41, 5.74) is 4.14. The van der Waals surface area contributed by atoms with Crippen molar-refractivity contribution in [3.05, 3.63) is 70.2 Å². The van der Waals surface area contributed by atoms with Crippen LogP contribution in [-0.2, 0) is 5.41 Å². The van der Waals surface area contributed by atoms with E-state index < -0.39 is 0 Å². The molecule has 0 radical (unpaired) electrons. The highest BCUT2D eigenvalue weighted by Crippen LogP contribution is 2.65. The summed E-state index contributed by atoms with van der Waals surface area (Å²) in [6.07, 6.45) is 7.83. The second-order valence-electron chi connectivity index (χ2n) is 9.80. The molecule has 3 heteroatoms. The first-order chi connectivity index (χ1) is 13.5. The van der Waals surface area contributed by atoms with Gasteiger partial charge >= 0.3 is 0 Å². The van der Waals surface area contributed by atoms with Gasteiger partial charge in [-0.2, -0.15) is 0 Å². The lowest BCUT2D eigenvalue weighted by Gasteiger charge is -2.62. The van der Waals surface area contributed by atoms with E-state index in [9.17, 15) is 4.79 Å². The molecule has 4 bridgehead atoms. The SMILES string of the molecule is Cc1ccc(C23C[C@@H]4C[C@@H](CC(CNC(=O)c5ccc(Cl)cc5)(C4)C2)C3)cc1. The molecule has 2 unspecified atom stereocenters. The van der Waals surface area contributed by atoms with Gasteiger partial charge in [0.1, 0.15) is 0 Å². The van der Waals surface area contributed by atoms with Gasteiger partial charge in [0.05, 0.1) is 0 Å². The highest BCUT2D eigenvalue weighted by Gasteiger charge is 2.57. The molecule has 0 saturated heterocycles. The Hall–Kier alpha value is -1.80. The lowest BCUT2D eigenvalue weighted by atomic mass is 9.43. The summed E-state index contributed by atoms with van der Waals surface area (Å²) in [4.78, 5) is 12.7. The van der Waals surface area contributed by atoms with Crippen LogP contribution in [0.5, 0.6) is 0 Å². The third-order valence-corrected chi connectivity index (χ3v) is 7.83. The topological polar surface area (TPSA) is 29.1 Å². The number of benzene rings is 2. The lowest BCUT2D eigenvalue weighted by Crippen LogP contribution is -2.57. The first-order valence-electron chi connectivity index (χ1n) is 10.6. The number of carbonyl (C=O) groups is 1. The van der Waals surface area contributed by atoms with Crippen LogP contribution in [0.4, 0.5) is 0 Å². The highest BCUT2D eigenvalue weighted by molar-refractivity contribution is 6.30. The van der Waals surface area contributed by atoms with E-state index in [-0.39, 0.29) is 11.3 Å². The summed E-state index contributed by atoms with van der Waals surface area (Å²) in [6.45, 7) is 2.96. The predicted molar refractivity (Wildman–Crippen MR) is 114 cm³/mol. The number of hydrogen-bond acceptors (Lipinski definition) is 1. The van der Waals surface area contributed by atoms with Crippen LogP contribution >= 0.6 is 11.6 Å². The Bertz CT molecular complexity index is 872.